The fourth-order valence-corrected chi connectivity index (χ4v) is 3.44. The fraction of sp³-hybridized carbons (Fsp3) is 0.556. The summed E-state index contributed by atoms with van der Waals surface area (Å²) >= 11 is 0. The van der Waals surface area contributed by atoms with Gasteiger partial charge in [-0.3, -0.25) is 4.79 Å². The first-order chi connectivity index (χ1) is 11.1. The molecule has 0 aromatic heterocycles. The fourth-order valence-electron chi connectivity index (χ4n) is 3.44. The summed E-state index contributed by atoms with van der Waals surface area (Å²) in [5, 5.41) is 3.05. The van der Waals surface area contributed by atoms with E-state index in [2.05, 4.69) is 24.4 Å². The molecule has 1 aliphatic heterocycles. The number of nitrogens with one attached hydrogen (secondary N) is 1. The molecule has 1 heterocycles. The number of amides is 3. The molecule has 124 valence electrons. The molecule has 5 nitrogen and oxygen atoms in total. The lowest BCUT2D eigenvalue weighted by Gasteiger charge is -2.20. The van der Waals surface area contributed by atoms with Crippen molar-refractivity contribution < 1.29 is 9.59 Å². The third-order valence-electron chi connectivity index (χ3n) is 4.86. The summed E-state index contributed by atoms with van der Waals surface area (Å²) < 4.78 is 0. The highest BCUT2D eigenvalue weighted by Gasteiger charge is 2.30. The number of carbonyl (C=O) groups is 2. The van der Waals surface area contributed by atoms with Crippen LogP contribution >= 0.6 is 0 Å². The Hall–Kier alpha value is -2.04. The van der Waals surface area contributed by atoms with Gasteiger partial charge >= 0.3 is 6.03 Å². The Morgan fingerprint density at radius 2 is 1.87 bits per heavy atom. The van der Waals surface area contributed by atoms with Crippen LogP contribution in [-0.2, 0) is 11.3 Å². The van der Waals surface area contributed by atoms with Crippen LogP contribution in [0.5, 0.6) is 0 Å². The van der Waals surface area contributed by atoms with Crippen molar-refractivity contribution in [1.29, 1.82) is 0 Å². The molecule has 23 heavy (non-hydrogen) atoms. The van der Waals surface area contributed by atoms with Gasteiger partial charge in [-0.15, -0.1) is 0 Å². The Bertz CT molecular complexity index is 581. The number of carbonyl (C=O) groups excluding carboxylic acids is 2. The number of rotatable bonds is 5. The standard InChI is InChI=1S/C18H25N3O2/c1-14-6-2-3-7-15(14)12-20-10-11-21(18(20)23)13-17(22)19-16-8-4-5-9-16/h2-3,6-7,16H,4-5,8-13H2,1H3,(H,19,22). The van der Waals surface area contributed by atoms with Crippen molar-refractivity contribution >= 4 is 11.9 Å². The first-order valence-electron chi connectivity index (χ1n) is 8.51. The SMILES string of the molecule is Cc1ccccc1CN1CCN(CC(=O)NC2CCCC2)C1=O. The molecule has 0 unspecified atom stereocenters. The summed E-state index contributed by atoms with van der Waals surface area (Å²) in [6, 6.07) is 8.39. The summed E-state index contributed by atoms with van der Waals surface area (Å²) in [6.45, 7) is 4.17. The minimum Gasteiger partial charge on any atom is -0.352 e. The zero-order chi connectivity index (χ0) is 16.2. The van der Waals surface area contributed by atoms with Gasteiger partial charge < -0.3 is 15.1 Å². The van der Waals surface area contributed by atoms with Gasteiger partial charge in [0, 0.05) is 25.7 Å². The molecule has 3 rings (SSSR count). The van der Waals surface area contributed by atoms with E-state index >= 15 is 0 Å². The Morgan fingerprint density at radius 3 is 2.61 bits per heavy atom. The van der Waals surface area contributed by atoms with Crippen LogP contribution in [0.4, 0.5) is 4.79 Å². The van der Waals surface area contributed by atoms with Gasteiger partial charge in [0.15, 0.2) is 0 Å². The summed E-state index contributed by atoms with van der Waals surface area (Å²) in [5.74, 6) is -0.0250. The van der Waals surface area contributed by atoms with E-state index in [1.165, 1.54) is 18.4 Å². The molecule has 1 aromatic carbocycles. The molecule has 2 aliphatic rings. The van der Waals surface area contributed by atoms with Crippen molar-refractivity contribution in [3.63, 3.8) is 0 Å². The van der Waals surface area contributed by atoms with Crippen molar-refractivity contribution in [2.24, 2.45) is 0 Å². The average Bonchev–Trinajstić information content (AvgIpc) is 3.14. The van der Waals surface area contributed by atoms with Crippen LogP contribution in [-0.4, -0.2) is 47.4 Å². The zero-order valence-electron chi connectivity index (χ0n) is 13.8. The first-order valence-corrected chi connectivity index (χ1v) is 8.51. The first kappa shape index (κ1) is 15.8. The number of hydrogen-bond donors (Lipinski definition) is 1. The summed E-state index contributed by atoms with van der Waals surface area (Å²) in [5.41, 5.74) is 2.36. The molecule has 1 saturated heterocycles. The van der Waals surface area contributed by atoms with E-state index in [1.807, 2.05) is 17.0 Å². The molecule has 0 bridgehead atoms. The van der Waals surface area contributed by atoms with Crippen LogP contribution in [0.1, 0.15) is 36.8 Å². The van der Waals surface area contributed by atoms with E-state index in [4.69, 9.17) is 0 Å². The van der Waals surface area contributed by atoms with Gasteiger partial charge in [0.1, 0.15) is 6.54 Å². The second kappa shape index (κ2) is 7.02. The van der Waals surface area contributed by atoms with E-state index in [0.29, 0.717) is 25.7 Å². The molecular weight excluding hydrogens is 290 g/mol. The van der Waals surface area contributed by atoms with E-state index < -0.39 is 0 Å². The smallest absolute Gasteiger partial charge is 0.320 e. The minimum atomic E-state index is -0.0326. The van der Waals surface area contributed by atoms with Gasteiger partial charge in [-0.25, -0.2) is 4.79 Å². The van der Waals surface area contributed by atoms with Gasteiger partial charge in [0.05, 0.1) is 0 Å². The van der Waals surface area contributed by atoms with Crippen LogP contribution in [0.25, 0.3) is 0 Å². The van der Waals surface area contributed by atoms with Crippen molar-refractivity contribution in [1.82, 2.24) is 15.1 Å². The zero-order valence-corrected chi connectivity index (χ0v) is 13.8. The number of hydrogen-bond acceptors (Lipinski definition) is 2. The molecule has 0 spiro atoms. The van der Waals surface area contributed by atoms with Crippen LogP contribution in [0.2, 0.25) is 0 Å². The molecule has 1 N–H and O–H groups in total. The summed E-state index contributed by atoms with van der Waals surface area (Å²) in [7, 11) is 0. The Labute approximate surface area is 137 Å². The highest BCUT2D eigenvalue weighted by atomic mass is 16.2. The maximum atomic E-state index is 12.5. The Kier molecular flexibility index (Phi) is 4.84. The maximum absolute atomic E-state index is 12.5. The second-order valence-corrected chi connectivity index (χ2v) is 6.60. The van der Waals surface area contributed by atoms with Gasteiger partial charge in [0.25, 0.3) is 0 Å². The molecule has 3 amide bonds. The topological polar surface area (TPSA) is 52.6 Å². The van der Waals surface area contributed by atoms with E-state index in [-0.39, 0.29) is 18.5 Å². The highest BCUT2D eigenvalue weighted by Crippen LogP contribution is 2.18. The van der Waals surface area contributed by atoms with Crippen LogP contribution in [0.3, 0.4) is 0 Å². The average molecular weight is 315 g/mol. The van der Waals surface area contributed by atoms with Crippen LogP contribution in [0.15, 0.2) is 24.3 Å². The predicted octanol–water partition coefficient (Wildman–Crippen LogP) is 2.29. The highest BCUT2D eigenvalue weighted by molar-refractivity contribution is 5.85. The molecular formula is C18H25N3O2. The van der Waals surface area contributed by atoms with Gasteiger partial charge in [-0.05, 0) is 30.9 Å². The molecule has 1 aromatic rings. The lowest BCUT2D eigenvalue weighted by atomic mass is 10.1. The van der Waals surface area contributed by atoms with E-state index in [0.717, 1.165) is 18.4 Å². The maximum Gasteiger partial charge on any atom is 0.320 e. The summed E-state index contributed by atoms with van der Waals surface area (Å²) in [6.07, 6.45) is 4.52. The van der Waals surface area contributed by atoms with E-state index in [1.54, 1.807) is 4.90 Å². The molecule has 1 aliphatic carbocycles. The predicted molar refractivity (Wildman–Crippen MR) is 89.0 cm³/mol. The normalized spacial score (nSPS) is 18.7. The third-order valence-corrected chi connectivity index (χ3v) is 4.86. The quantitative estimate of drug-likeness (QED) is 0.906. The molecule has 2 fully saturated rings. The lowest BCUT2D eigenvalue weighted by Crippen LogP contribution is -2.42. The van der Waals surface area contributed by atoms with Crippen molar-refractivity contribution in [3.8, 4) is 0 Å². The Morgan fingerprint density at radius 1 is 1.17 bits per heavy atom. The van der Waals surface area contributed by atoms with Gasteiger partial charge in [0.2, 0.25) is 5.91 Å². The Balaban J connectivity index is 1.52. The van der Waals surface area contributed by atoms with Crippen LogP contribution < -0.4 is 5.32 Å². The van der Waals surface area contributed by atoms with Crippen LogP contribution in [0, 0.1) is 6.92 Å². The van der Waals surface area contributed by atoms with Gasteiger partial charge in [-0.2, -0.15) is 0 Å². The third kappa shape index (κ3) is 3.84. The molecule has 0 radical (unpaired) electrons. The molecule has 0 atom stereocenters. The number of nitrogens with zero attached hydrogens (tertiary/aromatic N) is 2. The molecule has 1 saturated carbocycles. The van der Waals surface area contributed by atoms with Crippen molar-refractivity contribution in [2.45, 2.75) is 45.2 Å². The number of aryl methyl sites for hydroxylation is 1. The van der Waals surface area contributed by atoms with Crippen molar-refractivity contribution in [3.05, 3.63) is 35.4 Å². The lowest BCUT2D eigenvalue weighted by molar-refractivity contribution is -0.122. The number of urea groups is 1. The monoisotopic (exact) mass is 315 g/mol. The largest absolute Gasteiger partial charge is 0.352 e. The van der Waals surface area contributed by atoms with Gasteiger partial charge in [-0.1, -0.05) is 37.1 Å². The van der Waals surface area contributed by atoms with E-state index in [9.17, 15) is 9.59 Å². The second-order valence-electron chi connectivity index (χ2n) is 6.60. The van der Waals surface area contributed by atoms with Crippen molar-refractivity contribution in [2.75, 3.05) is 19.6 Å². The minimum absolute atomic E-state index is 0.0250. The number of benzene rings is 1. The molecule has 5 heteroatoms. The summed E-state index contributed by atoms with van der Waals surface area (Å²) in [4.78, 5) is 28.0.